The highest BCUT2D eigenvalue weighted by atomic mass is 16.7. The molecule has 0 radical (unpaired) electrons. The lowest BCUT2D eigenvalue weighted by atomic mass is 9.93. The molecule has 0 aliphatic carbocycles. The standard InChI is InChI=1S/C16H30O9/c1-8(9(19)6-17)4-5-11(20)16(2,3)25-15-14(23)13(22)12(21)10(7-18)24-15/h9-15,17-23H,1,4-7H2,2-3H3/t9-,10+,11-,12+,13-,14+,15-/m0/s1. The van der Waals surface area contributed by atoms with Gasteiger partial charge in [0.15, 0.2) is 6.29 Å². The van der Waals surface area contributed by atoms with E-state index in [1.165, 1.54) is 0 Å². The molecule has 0 unspecified atom stereocenters. The zero-order valence-corrected chi connectivity index (χ0v) is 14.5. The lowest BCUT2D eigenvalue weighted by Gasteiger charge is -2.43. The lowest BCUT2D eigenvalue weighted by Crippen LogP contribution is -2.61. The van der Waals surface area contributed by atoms with Crippen molar-refractivity contribution in [1.82, 2.24) is 0 Å². The number of hydrogen-bond acceptors (Lipinski definition) is 9. The highest BCUT2D eigenvalue weighted by Crippen LogP contribution is 2.29. The van der Waals surface area contributed by atoms with Crippen LogP contribution in [0, 0.1) is 0 Å². The molecule has 9 heteroatoms. The minimum absolute atomic E-state index is 0.167. The molecule has 1 rings (SSSR count). The summed E-state index contributed by atoms with van der Waals surface area (Å²) in [6.07, 6.45) is -8.77. The van der Waals surface area contributed by atoms with Gasteiger partial charge in [-0.05, 0) is 32.3 Å². The van der Waals surface area contributed by atoms with E-state index in [4.69, 9.17) is 14.6 Å². The van der Waals surface area contributed by atoms with E-state index >= 15 is 0 Å². The molecule has 0 saturated carbocycles. The average Bonchev–Trinajstić information content (AvgIpc) is 2.58. The molecule has 0 aromatic rings. The summed E-state index contributed by atoms with van der Waals surface area (Å²) in [5.41, 5.74) is -0.844. The molecular formula is C16H30O9. The molecule has 7 N–H and O–H groups in total. The quantitative estimate of drug-likeness (QED) is 0.221. The van der Waals surface area contributed by atoms with Gasteiger partial charge in [-0.1, -0.05) is 6.58 Å². The number of rotatable bonds is 9. The van der Waals surface area contributed by atoms with Gasteiger partial charge in [0.25, 0.3) is 0 Å². The zero-order valence-electron chi connectivity index (χ0n) is 14.5. The van der Waals surface area contributed by atoms with Crippen LogP contribution in [0.1, 0.15) is 26.7 Å². The van der Waals surface area contributed by atoms with Crippen LogP contribution in [0.25, 0.3) is 0 Å². The van der Waals surface area contributed by atoms with Gasteiger partial charge in [0, 0.05) is 0 Å². The van der Waals surface area contributed by atoms with Crippen molar-refractivity contribution >= 4 is 0 Å². The summed E-state index contributed by atoms with van der Waals surface area (Å²) in [6.45, 7) is 5.69. The molecule has 1 aliphatic heterocycles. The number of hydrogen-bond donors (Lipinski definition) is 7. The normalized spacial score (nSPS) is 33.1. The van der Waals surface area contributed by atoms with Crippen LogP contribution in [-0.4, -0.2) is 97.5 Å². The Labute approximate surface area is 146 Å². The van der Waals surface area contributed by atoms with Crippen LogP contribution < -0.4 is 0 Å². The van der Waals surface area contributed by atoms with Crippen LogP contribution in [0.4, 0.5) is 0 Å². The van der Waals surface area contributed by atoms with Crippen LogP contribution in [0.5, 0.6) is 0 Å². The molecular weight excluding hydrogens is 336 g/mol. The minimum Gasteiger partial charge on any atom is -0.394 e. The SMILES string of the molecule is C=C(CC[C@H](O)C(C)(C)O[C@@H]1O[C@H](CO)[C@@H](O)[C@H](O)[C@H]1O)[C@@H](O)CO. The first-order chi connectivity index (χ1) is 11.5. The minimum atomic E-state index is -1.57. The maximum atomic E-state index is 10.3. The van der Waals surface area contributed by atoms with Crippen molar-refractivity contribution in [2.75, 3.05) is 13.2 Å². The number of aliphatic hydroxyl groups excluding tert-OH is 7. The Morgan fingerprint density at radius 1 is 1.12 bits per heavy atom. The first kappa shape index (κ1) is 22.4. The van der Waals surface area contributed by atoms with E-state index in [1.807, 2.05) is 0 Å². The van der Waals surface area contributed by atoms with Gasteiger partial charge in [0.1, 0.15) is 24.4 Å². The summed E-state index contributed by atoms with van der Waals surface area (Å²) in [5.74, 6) is 0. The van der Waals surface area contributed by atoms with Crippen LogP contribution in [0.3, 0.4) is 0 Å². The largest absolute Gasteiger partial charge is 0.394 e. The molecule has 25 heavy (non-hydrogen) atoms. The summed E-state index contributed by atoms with van der Waals surface area (Å²) in [7, 11) is 0. The molecule has 9 nitrogen and oxygen atoms in total. The van der Waals surface area contributed by atoms with Gasteiger partial charge in [-0.15, -0.1) is 0 Å². The lowest BCUT2D eigenvalue weighted by molar-refractivity contribution is -0.331. The second-order valence-electron chi connectivity index (χ2n) is 6.83. The molecule has 0 amide bonds. The fourth-order valence-electron chi connectivity index (χ4n) is 2.51. The van der Waals surface area contributed by atoms with Crippen molar-refractivity contribution < 1.29 is 45.2 Å². The van der Waals surface area contributed by atoms with Crippen molar-refractivity contribution in [3.63, 3.8) is 0 Å². The van der Waals surface area contributed by atoms with Crippen molar-refractivity contribution in [3.8, 4) is 0 Å². The van der Waals surface area contributed by atoms with Crippen molar-refractivity contribution in [3.05, 3.63) is 12.2 Å². The fraction of sp³-hybridized carbons (Fsp3) is 0.875. The van der Waals surface area contributed by atoms with E-state index in [0.717, 1.165) is 0 Å². The molecule has 148 valence electrons. The van der Waals surface area contributed by atoms with Crippen LogP contribution in [0.15, 0.2) is 12.2 Å². The Morgan fingerprint density at radius 2 is 1.72 bits per heavy atom. The highest BCUT2D eigenvalue weighted by molar-refractivity contribution is 5.02. The molecule has 1 saturated heterocycles. The topological polar surface area (TPSA) is 160 Å². The molecule has 0 aromatic heterocycles. The van der Waals surface area contributed by atoms with E-state index < -0.39 is 61.7 Å². The maximum Gasteiger partial charge on any atom is 0.187 e. The Bertz CT molecular complexity index is 426. The van der Waals surface area contributed by atoms with Crippen LogP contribution in [0.2, 0.25) is 0 Å². The molecule has 0 spiro atoms. The predicted molar refractivity (Wildman–Crippen MR) is 86.4 cm³/mol. The molecule has 0 bridgehead atoms. The van der Waals surface area contributed by atoms with Gasteiger partial charge in [-0.2, -0.15) is 0 Å². The van der Waals surface area contributed by atoms with Crippen molar-refractivity contribution in [2.24, 2.45) is 0 Å². The molecule has 1 aliphatic rings. The molecule has 7 atom stereocenters. The van der Waals surface area contributed by atoms with E-state index in [1.54, 1.807) is 13.8 Å². The van der Waals surface area contributed by atoms with Crippen molar-refractivity contribution in [2.45, 2.75) is 75.2 Å². The summed E-state index contributed by atoms with van der Waals surface area (Å²) >= 11 is 0. The summed E-state index contributed by atoms with van der Waals surface area (Å²) in [6, 6.07) is 0. The van der Waals surface area contributed by atoms with E-state index in [0.29, 0.717) is 5.57 Å². The highest BCUT2D eigenvalue weighted by Gasteiger charge is 2.46. The van der Waals surface area contributed by atoms with E-state index in [9.17, 15) is 30.6 Å². The van der Waals surface area contributed by atoms with Gasteiger partial charge in [0.2, 0.25) is 0 Å². The summed E-state index contributed by atoms with van der Waals surface area (Å²) in [4.78, 5) is 0. The predicted octanol–water partition coefficient (Wildman–Crippen LogP) is -2.37. The van der Waals surface area contributed by atoms with Gasteiger partial charge >= 0.3 is 0 Å². The van der Waals surface area contributed by atoms with Crippen LogP contribution in [-0.2, 0) is 9.47 Å². The first-order valence-electron chi connectivity index (χ1n) is 8.18. The number of aliphatic hydroxyl groups is 7. The van der Waals surface area contributed by atoms with Gasteiger partial charge < -0.3 is 45.2 Å². The molecule has 1 fully saturated rings. The monoisotopic (exact) mass is 366 g/mol. The summed E-state index contributed by atoms with van der Waals surface area (Å²) < 4.78 is 10.8. The van der Waals surface area contributed by atoms with Crippen molar-refractivity contribution in [1.29, 1.82) is 0 Å². The number of ether oxygens (including phenoxy) is 2. The molecule has 0 aromatic carbocycles. The second-order valence-corrected chi connectivity index (χ2v) is 6.83. The Morgan fingerprint density at radius 3 is 2.24 bits per heavy atom. The zero-order chi connectivity index (χ0) is 19.4. The first-order valence-corrected chi connectivity index (χ1v) is 8.18. The van der Waals surface area contributed by atoms with Gasteiger partial charge in [0.05, 0.1) is 31.0 Å². The smallest absolute Gasteiger partial charge is 0.187 e. The van der Waals surface area contributed by atoms with E-state index in [2.05, 4.69) is 6.58 Å². The Balaban J connectivity index is 2.67. The Kier molecular flexibility index (Phi) is 8.39. The third-order valence-electron chi connectivity index (χ3n) is 4.45. The second kappa shape index (κ2) is 9.36. The third kappa shape index (κ3) is 5.68. The Hall–Kier alpha value is -0.620. The average molecular weight is 366 g/mol. The maximum absolute atomic E-state index is 10.3. The van der Waals surface area contributed by atoms with E-state index in [-0.39, 0.29) is 12.8 Å². The van der Waals surface area contributed by atoms with Gasteiger partial charge in [-0.25, -0.2) is 0 Å². The fourth-order valence-corrected chi connectivity index (χ4v) is 2.51. The summed E-state index contributed by atoms with van der Waals surface area (Å²) in [5, 5.41) is 67.3. The third-order valence-corrected chi connectivity index (χ3v) is 4.45. The van der Waals surface area contributed by atoms with Crippen LogP contribution >= 0.6 is 0 Å². The van der Waals surface area contributed by atoms with Gasteiger partial charge in [-0.3, -0.25) is 0 Å². The molecule has 1 heterocycles.